The molecule has 1 aromatic carbocycles. The van der Waals surface area contributed by atoms with Crippen molar-refractivity contribution in [3.05, 3.63) is 40.5 Å². The van der Waals surface area contributed by atoms with Gasteiger partial charge in [0.05, 0.1) is 38.4 Å². The first-order valence-electron chi connectivity index (χ1n) is 8.73. The zero-order valence-corrected chi connectivity index (χ0v) is 15.2. The number of esters is 1. The predicted octanol–water partition coefficient (Wildman–Crippen LogP) is 2.89. The summed E-state index contributed by atoms with van der Waals surface area (Å²) >= 11 is 0. The zero-order chi connectivity index (χ0) is 18.8. The van der Waals surface area contributed by atoms with Crippen LogP contribution in [0.25, 0.3) is 0 Å². The molecule has 0 saturated heterocycles. The first-order chi connectivity index (χ1) is 12.5. The summed E-state index contributed by atoms with van der Waals surface area (Å²) < 4.78 is 16.0. The molecule has 0 saturated carbocycles. The van der Waals surface area contributed by atoms with Crippen molar-refractivity contribution in [3.8, 4) is 5.75 Å². The lowest BCUT2D eigenvalue weighted by Crippen LogP contribution is -2.39. The summed E-state index contributed by atoms with van der Waals surface area (Å²) in [6.45, 7) is 1.98. The van der Waals surface area contributed by atoms with E-state index >= 15 is 0 Å². The van der Waals surface area contributed by atoms with Crippen molar-refractivity contribution < 1.29 is 28.6 Å². The van der Waals surface area contributed by atoms with Crippen LogP contribution in [0.2, 0.25) is 0 Å². The summed E-state index contributed by atoms with van der Waals surface area (Å²) in [5, 5.41) is 0. The molecule has 6 heteroatoms. The molecule has 0 spiro atoms. The number of ketones is 2. The third kappa shape index (κ3) is 3.05. The average Bonchev–Trinajstić information content (AvgIpc) is 2.65. The summed E-state index contributed by atoms with van der Waals surface area (Å²) in [6.07, 6.45) is 0.688. The Morgan fingerprint density at radius 2 is 2.00 bits per heavy atom. The number of Topliss-reactive ketones (excluding diaryl/α,β-unsaturated/α-hetero) is 2. The van der Waals surface area contributed by atoms with Crippen LogP contribution in [0.1, 0.15) is 53.3 Å². The number of ether oxygens (including phenoxy) is 3. The smallest absolute Gasteiger partial charge is 0.308 e. The molecule has 0 radical (unpaired) electrons. The fourth-order valence-corrected chi connectivity index (χ4v) is 3.66. The van der Waals surface area contributed by atoms with Gasteiger partial charge in [0.2, 0.25) is 0 Å². The Hall–Kier alpha value is -2.47. The maximum atomic E-state index is 13.2. The van der Waals surface area contributed by atoms with Gasteiger partial charge in [-0.15, -0.1) is 0 Å². The number of benzene rings is 1. The van der Waals surface area contributed by atoms with E-state index in [0.717, 1.165) is 6.42 Å². The molecule has 1 aromatic rings. The number of carbonyl (C=O) groups excluding carboxylic acids is 3. The van der Waals surface area contributed by atoms with Crippen molar-refractivity contribution in [3.63, 3.8) is 0 Å². The van der Waals surface area contributed by atoms with Gasteiger partial charge in [0.15, 0.2) is 11.6 Å². The highest BCUT2D eigenvalue weighted by Crippen LogP contribution is 2.40. The van der Waals surface area contributed by atoms with Crippen molar-refractivity contribution >= 4 is 17.5 Å². The molecule has 0 fully saturated rings. The summed E-state index contributed by atoms with van der Waals surface area (Å²) in [6, 6.07) is 5.01. The molecule has 26 heavy (non-hydrogen) atoms. The largest absolute Gasteiger partial charge is 0.496 e. The fourth-order valence-electron chi connectivity index (χ4n) is 3.66. The van der Waals surface area contributed by atoms with Crippen molar-refractivity contribution in [1.82, 2.24) is 0 Å². The fraction of sp³-hybridized carbons (Fsp3) is 0.450. The number of fused-ring (bicyclic) bond motifs is 1. The van der Waals surface area contributed by atoms with Gasteiger partial charge < -0.3 is 14.2 Å². The quantitative estimate of drug-likeness (QED) is 0.753. The van der Waals surface area contributed by atoms with Crippen LogP contribution in [0.3, 0.4) is 0 Å². The first-order valence-corrected chi connectivity index (χ1v) is 8.73. The van der Waals surface area contributed by atoms with Gasteiger partial charge in [-0.3, -0.25) is 14.4 Å². The minimum atomic E-state index is -0.507. The van der Waals surface area contributed by atoms with E-state index in [1.165, 1.54) is 14.2 Å². The lowest BCUT2D eigenvalue weighted by atomic mass is 9.77. The Morgan fingerprint density at radius 1 is 1.23 bits per heavy atom. The standard InChI is InChI=1S/C20H22O6/c1-4-6-15-18-13(9-11(26-15)10-16(21)25-3)19(22)12-7-5-8-14(24-2)17(12)20(18)23/h5,7-8,11,15H,4,6,9-10H2,1-3H3/t11-,15+/m0/s1. The molecule has 6 nitrogen and oxygen atoms in total. The van der Waals surface area contributed by atoms with Crippen LogP contribution in [-0.4, -0.2) is 44.0 Å². The number of hydrogen-bond acceptors (Lipinski definition) is 6. The van der Waals surface area contributed by atoms with E-state index in [1.807, 2.05) is 6.92 Å². The highest BCUT2D eigenvalue weighted by Gasteiger charge is 2.42. The van der Waals surface area contributed by atoms with E-state index in [4.69, 9.17) is 14.2 Å². The molecule has 1 aliphatic heterocycles. The molecule has 1 aliphatic carbocycles. The Kier molecular flexibility index (Phi) is 5.23. The van der Waals surface area contributed by atoms with Crippen LogP contribution in [0.15, 0.2) is 29.3 Å². The molecule has 138 valence electrons. The van der Waals surface area contributed by atoms with Crippen LogP contribution in [0, 0.1) is 0 Å². The molecule has 2 atom stereocenters. The van der Waals surface area contributed by atoms with Crippen LogP contribution < -0.4 is 4.74 Å². The maximum absolute atomic E-state index is 13.2. The predicted molar refractivity (Wildman–Crippen MR) is 93.5 cm³/mol. The highest BCUT2D eigenvalue weighted by atomic mass is 16.5. The van der Waals surface area contributed by atoms with Gasteiger partial charge in [-0.25, -0.2) is 0 Å². The molecule has 3 rings (SSSR count). The molecule has 0 unspecified atom stereocenters. The lowest BCUT2D eigenvalue weighted by Gasteiger charge is -2.35. The molecule has 1 heterocycles. The molecular formula is C20H22O6. The second-order valence-electron chi connectivity index (χ2n) is 6.45. The minimum Gasteiger partial charge on any atom is -0.496 e. The van der Waals surface area contributed by atoms with Crippen molar-refractivity contribution in [2.24, 2.45) is 0 Å². The summed E-state index contributed by atoms with van der Waals surface area (Å²) in [5.74, 6) is -0.417. The van der Waals surface area contributed by atoms with Gasteiger partial charge in [0.1, 0.15) is 5.75 Å². The monoisotopic (exact) mass is 358 g/mol. The number of carbonyl (C=O) groups is 3. The Labute approximate surface area is 152 Å². The SMILES string of the molecule is CCC[C@H]1O[C@H](CC(=O)OC)CC2=C1C(=O)c1c(OC)cccc1C2=O. The number of hydrogen-bond donors (Lipinski definition) is 0. The first kappa shape index (κ1) is 18.3. The van der Waals surface area contributed by atoms with Crippen LogP contribution >= 0.6 is 0 Å². The van der Waals surface area contributed by atoms with Crippen LogP contribution in [0.4, 0.5) is 0 Å². The second-order valence-corrected chi connectivity index (χ2v) is 6.45. The van der Waals surface area contributed by atoms with E-state index in [1.54, 1.807) is 18.2 Å². The lowest BCUT2D eigenvalue weighted by molar-refractivity contribution is -0.145. The van der Waals surface area contributed by atoms with Gasteiger partial charge >= 0.3 is 5.97 Å². The van der Waals surface area contributed by atoms with Gasteiger partial charge in [-0.05, 0) is 12.5 Å². The molecule has 0 aromatic heterocycles. The van der Waals surface area contributed by atoms with E-state index in [0.29, 0.717) is 34.4 Å². The molecular weight excluding hydrogens is 336 g/mol. The van der Waals surface area contributed by atoms with Gasteiger partial charge in [0, 0.05) is 23.1 Å². The highest BCUT2D eigenvalue weighted by molar-refractivity contribution is 6.28. The Bertz CT molecular complexity index is 791. The molecule has 0 bridgehead atoms. The zero-order valence-electron chi connectivity index (χ0n) is 15.2. The average molecular weight is 358 g/mol. The van der Waals surface area contributed by atoms with E-state index in [2.05, 4.69) is 0 Å². The molecule has 0 N–H and O–H groups in total. The topological polar surface area (TPSA) is 78.9 Å². The van der Waals surface area contributed by atoms with Crippen molar-refractivity contribution in [1.29, 1.82) is 0 Å². The van der Waals surface area contributed by atoms with Crippen LogP contribution in [-0.2, 0) is 14.3 Å². The van der Waals surface area contributed by atoms with Crippen molar-refractivity contribution in [2.45, 2.75) is 44.8 Å². The van der Waals surface area contributed by atoms with Gasteiger partial charge in [0.25, 0.3) is 0 Å². The summed E-state index contributed by atoms with van der Waals surface area (Å²) in [5.41, 5.74) is 1.52. The Morgan fingerprint density at radius 3 is 2.65 bits per heavy atom. The van der Waals surface area contributed by atoms with Gasteiger partial charge in [-0.2, -0.15) is 0 Å². The van der Waals surface area contributed by atoms with Crippen molar-refractivity contribution in [2.75, 3.05) is 14.2 Å². The van der Waals surface area contributed by atoms with Gasteiger partial charge in [-0.1, -0.05) is 25.5 Å². The number of methoxy groups -OCH3 is 2. The summed E-state index contributed by atoms with van der Waals surface area (Å²) in [4.78, 5) is 37.9. The number of rotatable bonds is 5. The Balaban J connectivity index is 2.06. The van der Waals surface area contributed by atoms with Crippen LogP contribution in [0.5, 0.6) is 5.75 Å². The summed E-state index contributed by atoms with van der Waals surface area (Å²) in [7, 11) is 2.79. The second kappa shape index (κ2) is 7.41. The molecule has 2 aliphatic rings. The molecule has 0 amide bonds. The third-order valence-corrected chi connectivity index (χ3v) is 4.85. The minimum absolute atomic E-state index is 0.0555. The van der Waals surface area contributed by atoms with E-state index in [9.17, 15) is 14.4 Å². The third-order valence-electron chi connectivity index (χ3n) is 4.85. The van der Waals surface area contributed by atoms with E-state index < -0.39 is 18.2 Å². The van der Waals surface area contributed by atoms with E-state index in [-0.39, 0.29) is 24.4 Å². The normalized spacial score (nSPS) is 22.0. The maximum Gasteiger partial charge on any atom is 0.308 e.